The van der Waals surface area contributed by atoms with Crippen LogP contribution in [0.15, 0.2) is 47.1 Å². The lowest BCUT2D eigenvalue weighted by atomic mass is 10.1. The second-order valence-electron chi connectivity index (χ2n) is 7.75. The van der Waals surface area contributed by atoms with Crippen molar-refractivity contribution in [1.82, 2.24) is 15.1 Å². The third kappa shape index (κ3) is 4.34. The van der Waals surface area contributed by atoms with Crippen LogP contribution in [0.1, 0.15) is 28.1 Å². The molecule has 2 unspecified atom stereocenters. The number of rotatable bonds is 5. The van der Waals surface area contributed by atoms with Crippen molar-refractivity contribution in [2.45, 2.75) is 19.9 Å². The topological polar surface area (TPSA) is 82.9 Å². The third-order valence-corrected chi connectivity index (χ3v) is 5.64. The summed E-state index contributed by atoms with van der Waals surface area (Å²) in [6.07, 6.45) is 2.08. The molecular formula is C22H25N3O4. The van der Waals surface area contributed by atoms with Crippen molar-refractivity contribution in [2.75, 3.05) is 26.2 Å². The molecule has 1 saturated heterocycles. The minimum atomic E-state index is -0.240. The fourth-order valence-electron chi connectivity index (χ4n) is 3.70. The third-order valence-electron chi connectivity index (χ3n) is 5.64. The molecule has 29 heavy (non-hydrogen) atoms. The van der Waals surface area contributed by atoms with Gasteiger partial charge in [-0.15, -0.1) is 0 Å². The second-order valence-corrected chi connectivity index (χ2v) is 7.75. The zero-order valence-corrected chi connectivity index (χ0v) is 16.5. The highest BCUT2D eigenvalue weighted by Gasteiger charge is 2.49. The first-order valence-corrected chi connectivity index (χ1v) is 9.98. The molecule has 2 fully saturated rings. The fourth-order valence-corrected chi connectivity index (χ4v) is 3.70. The number of nitrogens with zero attached hydrogens (tertiary/aromatic N) is 2. The summed E-state index contributed by atoms with van der Waals surface area (Å²) in [7, 11) is 0. The molecular weight excluding hydrogens is 370 g/mol. The van der Waals surface area contributed by atoms with E-state index < -0.39 is 0 Å². The van der Waals surface area contributed by atoms with Crippen molar-refractivity contribution in [1.29, 1.82) is 0 Å². The van der Waals surface area contributed by atoms with E-state index in [1.165, 1.54) is 11.8 Å². The molecule has 4 rings (SSSR count). The summed E-state index contributed by atoms with van der Waals surface area (Å²) in [5, 5.41) is 2.93. The summed E-state index contributed by atoms with van der Waals surface area (Å²) in [5.74, 6) is -0.351. The highest BCUT2D eigenvalue weighted by atomic mass is 16.3. The van der Waals surface area contributed by atoms with Crippen molar-refractivity contribution in [3.63, 3.8) is 0 Å². The summed E-state index contributed by atoms with van der Waals surface area (Å²) >= 11 is 0. The molecule has 1 aromatic carbocycles. The summed E-state index contributed by atoms with van der Waals surface area (Å²) in [4.78, 5) is 40.9. The van der Waals surface area contributed by atoms with Gasteiger partial charge >= 0.3 is 0 Å². The van der Waals surface area contributed by atoms with Gasteiger partial charge in [0, 0.05) is 32.7 Å². The number of hydrogen-bond donors (Lipinski definition) is 1. The van der Waals surface area contributed by atoms with Gasteiger partial charge in [0.2, 0.25) is 11.8 Å². The lowest BCUT2D eigenvalue weighted by Gasteiger charge is -2.34. The second kappa shape index (κ2) is 8.11. The Kier molecular flexibility index (Phi) is 5.38. The van der Waals surface area contributed by atoms with Crippen molar-refractivity contribution >= 4 is 17.7 Å². The maximum Gasteiger partial charge on any atom is 0.289 e. The molecule has 2 atom stereocenters. The van der Waals surface area contributed by atoms with Crippen molar-refractivity contribution in [3.8, 4) is 0 Å². The monoisotopic (exact) mass is 395 g/mol. The van der Waals surface area contributed by atoms with Gasteiger partial charge < -0.3 is 19.5 Å². The largest absolute Gasteiger partial charge is 0.459 e. The highest BCUT2D eigenvalue weighted by Crippen LogP contribution is 2.40. The molecule has 0 bridgehead atoms. The zero-order chi connectivity index (χ0) is 20.4. The number of nitrogens with one attached hydrogen (secondary N) is 1. The van der Waals surface area contributed by atoms with Gasteiger partial charge in [-0.1, -0.05) is 29.8 Å². The lowest BCUT2D eigenvalue weighted by Crippen LogP contribution is -2.51. The first-order chi connectivity index (χ1) is 14.0. The molecule has 1 aliphatic heterocycles. The van der Waals surface area contributed by atoms with E-state index in [4.69, 9.17) is 4.42 Å². The molecule has 152 valence electrons. The van der Waals surface area contributed by atoms with Crippen LogP contribution in [0, 0.1) is 18.8 Å². The van der Waals surface area contributed by atoms with Gasteiger partial charge in [-0.05, 0) is 31.0 Å². The number of carbonyl (C=O) groups excluding carboxylic acids is 3. The smallest absolute Gasteiger partial charge is 0.289 e. The van der Waals surface area contributed by atoms with Crippen LogP contribution < -0.4 is 5.32 Å². The van der Waals surface area contributed by atoms with Crippen LogP contribution in [-0.4, -0.2) is 53.7 Å². The molecule has 0 radical (unpaired) electrons. The van der Waals surface area contributed by atoms with E-state index in [9.17, 15) is 14.4 Å². The first-order valence-electron chi connectivity index (χ1n) is 9.98. The molecule has 1 saturated carbocycles. The lowest BCUT2D eigenvalue weighted by molar-refractivity contribution is -0.136. The van der Waals surface area contributed by atoms with E-state index in [1.807, 2.05) is 31.2 Å². The molecule has 0 spiro atoms. The van der Waals surface area contributed by atoms with Gasteiger partial charge in [0.1, 0.15) is 0 Å². The number of benzene rings is 1. The normalized spacial score (nSPS) is 21.0. The van der Waals surface area contributed by atoms with E-state index >= 15 is 0 Å². The van der Waals surface area contributed by atoms with Gasteiger partial charge in [-0.25, -0.2) is 0 Å². The number of furan rings is 1. The van der Waals surface area contributed by atoms with Crippen LogP contribution in [0.25, 0.3) is 0 Å². The van der Waals surface area contributed by atoms with Crippen LogP contribution >= 0.6 is 0 Å². The Hall–Kier alpha value is -3.09. The molecule has 2 aliphatic rings. The maximum absolute atomic E-state index is 12.7. The van der Waals surface area contributed by atoms with E-state index in [0.29, 0.717) is 44.9 Å². The average molecular weight is 395 g/mol. The van der Waals surface area contributed by atoms with Gasteiger partial charge in [0.05, 0.1) is 18.1 Å². The average Bonchev–Trinajstić information content (AvgIpc) is 3.36. The molecule has 1 N–H and O–H groups in total. The van der Waals surface area contributed by atoms with Crippen molar-refractivity contribution in [3.05, 3.63) is 59.5 Å². The van der Waals surface area contributed by atoms with Gasteiger partial charge in [-0.2, -0.15) is 0 Å². The number of aryl methyl sites for hydroxylation is 1. The van der Waals surface area contributed by atoms with E-state index in [0.717, 1.165) is 5.56 Å². The summed E-state index contributed by atoms with van der Waals surface area (Å²) < 4.78 is 5.16. The molecule has 2 aromatic rings. The van der Waals surface area contributed by atoms with Gasteiger partial charge in [0.15, 0.2) is 5.76 Å². The molecule has 1 aliphatic carbocycles. The Bertz CT molecular complexity index is 883. The maximum atomic E-state index is 12.7. The van der Waals surface area contributed by atoms with Crippen LogP contribution in [0.2, 0.25) is 0 Å². The van der Waals surface area contributed by atoms with Crippen LogP contribution in [0.3, 0.4) is 0 Å². The quantitative estimate of drug-likeness (QED) is 0.837. The Morgan fingerprint density at radius 3 is 2.34 bits per heavy atom. The molecule has 7 heteroatoms. The SMILES string of the molecule is Cc1ccc(CNC(=O)C2CC2C(=O)N2CCN(C(=O)c3ccco3)CC2)cc1. The minimum absolute atomic E-state index is 0.0191. The van der Waals surface area contributed by atoms with Gasteiger partial charge in [-0.3, -0.25) is 14.4 Å². The van der Waals surface area contributed by atoms with Crippen molar-refractivity contribution in [2.24, 2.45) is 11.8 Å². The molecule has 7 nitrogen and oxygen atoms in total. The number of amides is 3. The number of hydrogen-bond acceptors (Lipinski definition) is 4. The number of carbonyl (C=O) groups is 3. The fraction of sp³-hybridized carbons (Fsp3) is 0.409. The van der Waals surface area contributed by atoms with Crippen molar-refractivity contribution < 1.29 is 18.8 Å². The molecule has 1 aromatic heterocycles. The predicted octanol–water partition coefficient (Wildman–Crippen LogP) is 1.82. The highest BCUT2D eigenvalue weighted by molar-refractivity contribution is 5.93. The van der Waals surface area contributed by atoms with E-state index in [1.54, 1.807) is 21.9 Å². The number of piperazine rings is 1. The van der Waals surface area contributed by atoms with Gasteiger partial charge in [0.25, 0.3) is 5.91 Å². The van der Waals surface area contributed by atoms with Crippen LogP contribution in [0.4, 0.5) is 0 Å². The zero-order valence-electron chi connectivity index (χ0n) is 16.5. The van der Waals surface area contributed by atoms with Crippen LogP contribution in [-0.2, 0) is 16.1 Å². The van der Waals surface area contributed by atoms with E-state index in [-0.39, 0.29) is 29.6 Å². The Labute approximate surface area is 169 Å². The minimum Gasteiger partial charge on any atom is -0.459 e. The molecule has 2 heterocycles. The van der Waals surface area contributed by atoms with E-state index in [2.05, 4.69) is 5.32 Å². The Balaban J connectivity index is 1.22. The first kappa shape index (κ1) is 19.2. The summed E-state index contributed by atoms with van der Waals surface area (Å²) in [5.41, 5.74) is 2.23. The summed E-state index contributed by atoms with van der Waals surface area (Å²) in [6, 6.07) is 11.3. The summed E-state index contributed by atoms with van der Waals surface area (Å²) in [6.45, 7) is 4.42. The standard InChI is InChI=1S/C22H25N3O4/c1-15-4-6-16(7-5-15)14-23-20(26)17-13-18(17)21(27)24-8-10-25(11-9-24)22(28)19-3-2-12-29-19/h2-7,12,17-18H,8-11,13-14H2,1H3,(H,23,26). The Morgan fingerprint density at radius 1 is 1.00 bits per heavy atom. The Morgan fingerprint density at radius 2 is 1.69 bits per heavy atom. The predicted molar refractivity (Wildman–Crippen MR) is 106 cm³/mol. The molecule has 3 amide bonds. The van der Waals surface area contributed by atoms with Crippen LogP contribution in [0.5, 0.6) is 0 Å².